The highest BCUT2D eigenvalue weighted by Gasteiger charge is 2.12. The Bertz CT molecular complexity index is 559. The zero-order valence-corrected chi connectivity index (χ0v) is 9.43. The van der Waals surface area contributed by atoms with Crippen molar-refractivity contribution in [3.63, 3.8) is 0 Å². The second-order valence-electron chi connectivity index (χ2n) is 3.46. The van der Waals surface area contributed by atoms with E-state index in [1.165, 1.54) is 13.2 Å². The first-order valence-electron chi connectivity index (χ1n) is 4.97. The number of methoxy groups -OCH3 is 1. The number of aryl methyl sites for hydroxylation is 1. The second kappa shape index (κ2) is 4.29. The monoisotopic (exact) mass is 233 g/mol. The molecule has 2 rings (SSSR count). The van der Waals surface area contributed by atoms with Crippen molar-refractivity contribution in [1.29, 1.82) is 0 Å². The first-order chi connectivity index (χ1) is 8.11. The van der Waals surface area contributed by atoms with Crippen molar-refractivity contribution in [3.8, 4) is 17.2 Å². The summed E-state index contributed by atoms with van der Waals surface area (Å²) in [5.41, 5.74) is 1.47. The Hall–Kier alpha value is -2.30. The molecule has 0 spiro atoms. The molecule has 2 aromatic heterocycles. The number of aromatic carboxylic acids is 1. The summed E-state index contributed by atoms with van der Waals surface area (Å²) in [6, 6.07) is 6.51. The van der Waals surface area contributed by atoms with E-state index >= 15 is 0 Å². The standard InChI is InChI=1S/C12H11NO4/c1-7-8(3-6-11(13-7)16-2)9-4-5-10(17-9)12(14)15/h3-6H,1-2H3,(H,14,15). The number of pyridine rings is 1. The van der Waals surface area contributed by atoms with Crippen LogP contribution in [0, 0.1) is 6.92 Å². The molecule has 0 saturated carbocycles. The smallest absolute Gasteiger partial charge is 0.371 e. The molecule has 0 amide bonds. The Morgan fingerprint density at radius 2 is 2.12 bits per heavy atom. The van der Waals surface area contributed by atoms with E-state index in [4.69, 9.17) is 14.3 Å². The maximum absolute atomic E-state index is 10.7. The SMILES string of the molecule is COc1ccc(-c2ccc(C(=O)O)o2)c(C)n1. The largest absolute Gasteiger partial charge is 0.481 e. The fraction of sp³-hybridized carbons (Fsp3) is 0.167. The van der Waals surface area contributed by atoms with Crippen molar-refractivity contribution in [2.45, 2.75) is 6.92 Å². The number of furan rings is 1. The van der Waals surface area contributed by atoms with Crippen LogP contribution in [0.5, 0.6) is 5.88 Å². The molecule has 0 radical (unpaired) electrons. The van der Waals surface area contributed by atoms with Crippen LogP contribution in [0.1, 0.15) is 16.2 Å². The Balaban J connectivity index is 2.42. The molecule has 1 N–H and O–H groups in total. The van der Waals surface area contributed by atoms with Gasteiger partial charge in [0.1, 0.15) is 5.76 Å². The number of carboxylic acids is 1. The van der Waals surface area contributed by atoms with Gasteiger partial charge in [0.2, 0.25) is 11.6 Å². The van der Waals surface area contributed by atoms with Crippen LogP contribution >= 0.6 is 0 Å². The van der Waals surface area contributed by atoms with E-state index in [-0.39, 0.29) is 5.76 Å². The molecule has 0 bridgehead atoms. The van der Waals surface area contributed by atoms with Gasteiger partial charge in [-0.3, -0.25) is 0 Å². The number of ether oxygens (including phenoxy) is 1. The maximum Gasteiger partial charge on any atom is 0.371 e. The summed E-state index contributed by atoms with van der Waals surface area (Å²) < 4.78 is 10.2. The number of hydrogen-bond donors (Lipinski definition) is 1. The van der Waals surface area contributed by atoms with Gasteiger partial charge in [-0.25, -0.2) is 9.78 Å². The molecule has 0 aliphatic heterocycles. The van der Waals surface area contributed by atoms with Crippen LogP contribution in [0.3, 0.4) is 0 Å². The molecule has 2 heterocycles. The average Bonchev–Trinajstić information content (AvgIpc) is 2.78. The third-order valence-corrected chi connectivity index (χ3v) is 2.35. The molecular weight excluding hydrogens is 222 g/mol. The topological polar surface area (TPSA) is 72.6 Å². The first kappa shape index (κ1) is 11.2. The molecule has 0 aliphatic rings. The lowest BCUT2D eigenvalue weighted by Crippen LogP contribution is -1.93. The lowest BCUT2D eigenvalue weighted by molar-refractivity contribution is 0.0663. The van der Waals surface area contributed by atoms with Gasteiger partial charge in [-0.1, -0.05) is 0 Å². The number of carboxylic acid groups (broad SMARTS) is 1. The van der Waals surface area contributed by atoms with Gasteiger partial charge in [-0.2, -0.15) is 0 Å². The van der Waals surface area contributed by atoms with Gasteiger partial charge in [-0.05, 0) is 25.1 Å². The van der Waals surface area contributed by atoms with E-state index in [0.717, 1.165) is 11.3 Å². The summed E-state index contributed by atoms with van der Waals surface area (Å²) in [6.45, 7) is 1.81. The molecule has 5 heteroatoms. The van der Waals surface area contributed by atoms with Gasteiger partial charge in [-0.15, -0.1) is 0 Å². The van der Waals surface area contributed by atoms with Crippen LogP contribution in [-0.2, 0) is 0 Å². The highest BCUT2D eigenvalue weighted by atomic mass is 16.5. The van der Waals surface area contributed by atoms with Crippen molar-refractivity contribution >= 4 is 5.97 Å². The first-order valence-corrected chi connectivity index (χ1v) is 4.97. The number of carbonyl (C=O) groups is 1. The predicted molar refractivity (Wildman–Crippen MR) is 60.2 cm³/mol. The van der Waals surface area contributed by atoms with Crippen molar-refractivity contribution in [1.82, 2.24) is 4.98 Å². The highest BCUT2D eigenvalue weighted by molar-refractivity contribution is 5.85. The zero-order valence-electron chi connectivity index (χ0n) is 9.43. The van der Waals surface area contributed by atoms with Gasteiger partial charge >= 0.3 is 5.97 Å². The zero-order chi connectivity index (χ0) is 12.4. The van der Waals surface area contributed by atoms with E-state index in [2.05, 4.69) is 4.98 Å². The number of aromatic nitrogens is 1. The summed E-state index contributed by atoms with van der Waals surface area (Å²) in [5, 5.41) is 8.77. The molecule has 0 saturated heterocycles. The van der Waals surface area contributed by atoms with Crippen molar-refractivity contribution < 1.29 is 19.1 Å². The van der Waals surface area contributed by atoms with E-state index in [1.54, 1.807) is 25.1 Å². The molecule has 0 aliphatic carbocycles. The Kier molecular flexibility index (Phi) is 2.82. The minimum Gasteiger partial charge on any atom is -0.481 e. The van der Waals surface area contributed by atoms with Gasteiger partial charge in [0, 0.05) is 11.6 Å². The highest BCUT2D eigenvalue weighted by Crippen LogP contribution is 2.26. The van der Waals surface area contributed by atoms with E-state index < -0.39 is 5.97 Å². The Labute approximate surface area is 97.7 Å². The molecule has 0 aromatic carbocycles. The van der Waals surface area contributed by atoms with Crippen molar-refractivity contribution in [2.75, 3.05) is 7.11 Å². The van der Waals surface area contributed by atoms with Crippen LogP contribution in [-0.4, -0.2) is 23.2 Å². The fourth-order valence-electron chi connectivity index (χ4n) is 1.51. The van der Waals surface area contributed by atoms with Gasteiger partial charge in [0.15, 0.2) is 0 Å². The van der Waals surface area contributed by atoms with Crippen molar-refractivity contribution in [3.05, 3.63) is 35.7 Å². The number of hydrogen-bond acceptors (Lipinski definition) is 4. The summed E-state index contributed by atoms with van der Waals surface area (Å²) in [7, 11) is 1.54. The lowest BCUT2D eigenvalue weighted by atomic mass is 10.1. The van der Waals surface area contributed by atoms with E-state index in [1.807, 2.05) is 0 Å². The van der Waals surface area contributed by atoms with Crippen molar-refractivity contribution in [2.24, 2.45) is 0 Å². The predicted octanol–water partition coefficient (Wildman–Crippen LogP) is 2.36. The normalized spacial score (nSPS) is 10.2. The fourth-order valence-corrected chi connectivity index (χ4v) is 1.51. The van der Waals surface area contributed by atoms with Crippen LogP contribution < -0.4 is 4.74 Å². The summed E-state index contributed by atoms with van der Waals surface area (Å²) in [4.78, 5) is 14.9. The summed E-state index contributed by atoms with van der Waals surface area (Å²) in [6.07, 6.45) is 0. The molecule has 0 atom stereocenters. The Morgan fingerprint density at radius 3 is 2.65 bits per heavy atom. The number of nitrogens with zero attached hydrogens (tertiary/aromatic N) is 1. The Morgan fingerprint density at radius 1 is 1.35 bits per heavy atom. The van der Waals surface area contributed by atoms with Gasteiger partial charge in [0.25, 0.3) is 0 Å². The maximum atomic E-state index is 10.7. The molecule has 2 aromatic rings. The minimum atomic E-state index is -1.09. The molecule has 88 valence electrons. The third kappa shape index (κ3) is 2.13. The van der Waals surface area contributed by atoms with E-state index in [0.29, 0.717) is 11.6 Å². The van der Waals surface area contributed by atoms with E-state index in [9.17, 15) is 4.79 Å². The van der Waals surface area contributed by atoms with Gasteiger partial charge < -0.3 is 14.3 Å². The van der Waals surface area contributed by atoms with Crippen LogP contribution in [0.4, 0.5) is 0 Å². The molecular formula is C12H11NO4. The third-order valence-electron chi connectivity index (χ3n) is 2.35. The van der Waals surface area contributed by atoms with Gasteiger partial charge in [0.05, 0.1) is 12.8 Å². The summed E-state index contributed by atoms with van der Waals surface area (Å²) in [5.74, 6) is -0.183. The molecule has 0 fully saturated rings. The molecule has 17 heavy (non-hydrogen) atoms. The summed E-state index contributed by atoms with van der Waals surface area (Å²) >= 11 is 0. The van der Waals surface area contributed by atoms with Crippen LogP contribution in [0.2, 0.25) is 0 Å². The lowest BCUT2D eigenvalue weighted by Gasteiger charge is -2.04. The number of rotatable bonds is 3. The minimum absolute atomic E-state index is 0.0878. The quantitative estimate of drug-likeness (QED) is 0.880. The molecule has 0 unspecified atom stereocenters. The average molecular weight is 233 g/mol. The van der Waals surface area contributed by atoms with Crippen LogP contribution in [0.25, 0.3) is 11.3 Å². The second-order valence-corrected chi connectivity index (χ2v) is 3.46. The molecule has 5 nitrogen and oxygen atoms in total. The van der Waals surface area contributed by atoms with Crippen LogP contribution in [0.15, 0.2) is 28.7 Å².